The van der Waals surface area contributed by atoms with Gasteiger partial charge in [-0.25, -0.2) is 0 Å². The van der Waals surface area contributed by atoms with Gasteiger partial charge in [0.25, 0.3) is 0 Å². The zero-order valence-electron chi connectivity index (χ0n) is 7.67. The van der Waals surface area contributed by atoms with E-state index in [-0.39, 0.29) is 0 Å². The Morgan fingerprint density at radius 2 is 2.15 bits per heavy atom. The highest BCUT2D eigenvalue weighted by atomic mass is 79.9. The lowest BCUT2D eigenvalue weighted by atomic mass is 10.0. The molecule has 2 rings (SSSR count). The van der Waals surface area contributed by atoms with E-state index in [1.807, 2.05) is 0 Å². The molecule has 0 spiro atoms. The summed E-state index contributed by atoms with van der Waals surface area (Å²) in [6, 6.07) is 8.74. The molecule has 1 nitrogen and oxygen atoms in total. The Morgan fingerprint density at radius 1 is 1.31 bits per heavy atom. The highest BCUT2D eigenvalue weighted by Gasteiger charge is 2.14. The van der Waals surface area contributed by atoms with Crippen LogP contribution in [-0.4, -0.2) is 18.4 Å². The van der Waals surface area contributed by atoms with E-state index in [2.05, 4.69) is 45.1 Å². The largest absolute Gasteiger partial charge is 0.370 e. The normalized spacial score (nSPS) is 15.6. The number of fused-ring (bicyclic) bond motifs is 1. The number of nitrogens with zero attached hydrogens (tertiary/aromatic N) is 1. The molecular formula is C11H14BrN. The molecule has 1 aliphatic rings. The van der Waals surface area contributed by atoms with Crippen molar-refractivity contribution in [2.75, 3.05) is 23.3 Å². The number of rotatable bonds is 2. The molecule has 1 aliphatic heterocycles. The van der Waals surface area contributed by atoms with Gasteiger partial charge in [-0.15, -0.1) is 0 Å². The molecule has 0 fully saturated rings. The van der Waals surface area contributed by atoms with Crippen LogP contribution in [-0.2, 0) is 6.42 Å². The average molecular weight is 240 g/mol. The lowest BCUT2D eigenvalue weighted by Gasteiger charge is -2.30. The number of benzene rings is 1. The molecule has 1 heterocycles. The first-order valence-corrected chi connectivity index (χ1v) is 5.93. The van der Waals surface area contributed by atoms with Crippen molar-refractivity contribution in [2.24, 2.45) is 0 Å². The van der Waals surface area contributed by atoms with Crippen LogP contribution in [0.25, 0.3) is 0 Å². The second kappa shape index (κ2) is 4.14. The average Bonchev–Trinajstić information content (AvgIpc) is 2.19. The smallest absolute Gasteiger partial charge is 0.0399 e. The van der Waals surface area contributed by atoms with Crippen LogP contribution in [0, 0.1) is 0 Å². The van der Waals surface area contributed by atoms with Crippen LogP contribution in [0.2, 0.25) is 0 Å². The molecule has 2 heteroatoms. The first-order chi connectivity index (χ1) is 6.42. The van der Waals surface area contributed by atoms with Crippen molar-refractivity contribution in [1.29, 1.82) is 0 Å². The van der Waals surface area contributed by atoms with Crippen LogP contribution in [0.4, 0.5) is 5.69 Å². The van der Waals surface area contributed by atoms with Crippen LogP contribution in [0.1, 0.15) is 12.0 Å². The van der Waals surface area contributed by atoms with Crippen molar-refractivity contribution < 1.29 is 0 Å². The van der Waals surface area contributed by atoms with E-state index in [9.17, 15) is 0 Å². The van der Waals surface area contributed by atoms with Crippen LogP contribution in [0.3, 0.4) is 0 Å². The fraction of sp³-hybridized carbons (Fsp3) is 0.455. The summed E-state index contributed by atoms with van der Waals surface area (Å²) in [6.07, 6.45) is 2.54. The van der Waals surface area contributed by atoms with Crippen molar-refractivity contribution in [3.8, 4) is 0 Å². The minimum atomic E-state index is 1.06. The Kier molecular flexibility index (Phi) is 2.89. The van der Waals surface area contributed by atoms with Gasteiger partial charge in [-0.3, -0.25) is 0 Å². The first-order valence-electron chi connectivity index (χ1n) is 4.80. The van der Waals surface area contributed by atoms with Crippen LogP contribution in [0.15, 0.2) is 24.3 Å². The molecule has 0 aliphatic carbocycles. The van der Waals surface area contributed by atoms with Gasteiger partial charge in [0.1, 0.15) is 0 Å². The molecular weight excluding hydrogens is 226 g/mol. The summed E-state index contributed by atoms with van der Waals surface area (Å²) in [7, 11) is 0. The van der Waals surface area contributed by atoms with E-state index in [1.54, 1.807) is 0 Å². The van der Waals surface area contributed by atoms with Gasteiger partial charge in [0, 0.05) is 24.1 Å². The molecule has 0 saturated carbocycles. The van der Waals surface area contributed by atoms with Gasteiger partial charge >= 0.3 is 0 Å². The predicted molar refractivity (Wildman–Crippen MR) is 60.8 cm³/mol. The summed E-state index contributed by atoms with van der Waals surface area (Å²) in [5, 5.41) is 1.06. The zero-order chi connectivity index (χ0) is 9.10. The molecule has 0 N–H and O–H groups in total. The first kappa shape index (κ1) is 9.07. The number of hydrogen-bond acceptors (Lipinski definition) is 1. The Morgan fingerprint density at radius 3 is 3.00 bits per heavy atom. The summed E-state index contributed by atoms with van der Waals surface area (Å²) in [5.41, 5.74) is 2.95. The van der Waals surface area contributed by atoms with Crippen LogP contribution >= 0.6 is 15.9 Å². The highest BCUT2D eigenvalue weighted by molar-refractivity contribution is 9.09. The van der Waals surface area contributed by atoms with E-state index in [1.165, 1.54) is 30.6 Å². The van der Waals surface area contributed by atoms with Crippen LogP contribution < -0.4 is 4.90 Å². The molecule has 0 unspecified atom stereocenters. The third-order valence-electron chi connectivity index (χ3n) is 2.56. The number of halogens is 1. The van der Waals surface area contributed by atoms with Crippen molar-refractivity contribution >= 4 is 21.6 Å². The van der Waals surface area contributed by atoms with Crippen molar-refractivity contribution in [1.82, 2.24) is 0 Å². The standard InChI is InChI=1S/C11H14BrN/c12-7-9-13-8-3-5-10-4-1-2-6-11(10)13/h1-2,4,6H,3,5,7-9H2. The lowest BCUT2D eigenvalue weighted by molar-refractivity contribution is 0.711. The van der Waals surface area contributed by atoms with Gasteiger partial charge in [-0.05, 0) is 24.5 Å². The molecule has 13 heavy (non-hydrogen) atoms. The van der Waals surface area contributed by atoms with E-state index >= 15 is 0 Å². The van der Waals surface area contributed by atoms with E-state index in [0.29, 0.717) is 0 Å². The Hall–Kier alpha value is -0.500. The van der Waals surface area contributed by atoms with E-state index in [4.69, 9.17) is 0 Å². The lowest BCUT2D eigenvalue weighted by Crippen LogP contribution is -2.30. The minimum Gasteiger partial charge on any atom is -0.370 e. The Labute approximate surface area is 87.9 Å². The molecule has 0 saturated heterocycles. The third-order valence-corrected chi connectivity index (χ3v) is 2.92. The number of para-hydroxylation sites is 1. The number of alkyl halides is 1. The predicted octanol–water partition coefficient (Wildman–Crippen LogP) is 2.83. The molecule has 1 aromatic carbocycles. The Balaban J connectivity index is 2.26. The van der Waals surface area contributed by atoms with Gasteiger partial charge in [0.05, 0.1) is 0 Å². The maximum Gasteiger partial charge on any atom is 0.0399 e. The van der Waals surface area contributed by atoms with Crippen LogP contribution in [0.5, 0.6) is 0 Å². The van der Waals surface area contributed by atoms with Crippen molar-refractivity contribution in [3.63, 3.8) is 0 Å². The minimum absolute atomic E-state index is 1.06. The monoisotopic (exact) mass is 239 g/mol. The maximum atomic E-state index is 3.50. The Bertz CT molecular complexity index is 285. The molecule has 0 amide bonds. The molecule has 0 bridgehead atoms. The quantitative estimate of drug-likeness (QED) is 0.718. The summed E-state index contributed by atoms with van der Waals surface area (Å²) in [6.45, 7) is 2.33. The number of hydrogen-bond donors (Lipinski definition) is 0. The fourth-order valence-corrected chi connectivity index (χ4v) is 2.37. The summed E-state index contributed by atoms with van der Waals surface area (Å²) in [4.78, 5) is 2.47. The number of anilines is 1. The second-order valence-corrected chi connectivity index (χ2v) is 4.20. The fourth-order valence-electron chi connectivity index (χ4n) is 1.95. The van der Waals surface area contributed by atoms with Crippen molar-refractivity contribution in [2.45, 2.75) is 12.8 Å². The summed E-state index contributed by atoms with van der Waals surface area (Å²) >= 11 is 3.50. The molecule has 0 atom stereocenters. The van der Waals surface area contributed by atoms with Gasteiger partial charge < -0.3 is 4.90 Å². The number of aryl methyl sites for hydroxylation is 1. The maximum absolute atomic E-state index is 3.50. The van der Waals surface area contributed by atoms with E-state index < -0.39 is 0 Å². The second-order valence-electron chi connectivity index (χ2n) is 3.41. The summed E-state index contributed by atoms with van der Waals surface area (Å²) in [5.74, 6) is 0. The third kappa shape index (κ3) is 1.88. The molecule has 0 aromatic heterocycles. The SMILES string of the molecule is BrCCN1CCCc2ccccc21. The highest BCUT2D eigenvalue weighted by Crippen LogP contribution is 2.26. The van der Waals surface area contributed by atoms with Gasteiger partial charge in [-0.2, -0.15) is 0 Å². The summed E-state index contributed by atoms with van der Waals surface area (Å²) < 4.78 is 0. The zero-order valence-corrected chi connectivity index (χ0v) is 9.26. The molecule has 1 aromatic rings. The molecule has 70 valence electrons. The van der Waals surface area contributed by atoms with Crippen molar-refractivity contribution in [3.05, 3.63) is 29.8 Å². The van der Waals surface area contributed by atoms with Gasteiger partial charge in [0.15, 0.2) is 0 Å². The molecule has 0 radical (unpaired) electrons. The van der Waals surface area contributed by atoms with Gasteiger partial charge in [-0.1, -0.05) is 34.1 Å². The topological polar surface area (TPSA) is 3.24 Å². The van der Waals surface area contributed by atoms with E-state index in [0.717, 1.165) is 11.9 Å². The van der Waals surface area contributed by atoms with Gasteiger partial charge in [0.2, 0.25) is 0 Å².